The zero-order chi connectivity index (χ0) is 14.5. The average molecular weight is 270 g/mol. The van der Waals surface area contributed by atoms with Crippen LogP contribution in [-0.4, -0.2) is 11.1 Å². The number of carboxylic acids is 1. The van der Waals surface area contributed by atoms with Gasteiger partial charge in [-0.2, -0.15) is 0 Å². The molecule has 0 aromatic carbocycles. The van der Waals surface area contributed by atoms with Crippen molar-refractivity contribution in [1.82, 2.24) is 0 Å². The summed E-state index contributed by atoms with van der Waals surface area (Å²) in [6, 6.07) is 0. The molecule has 0 amide bonds. The summed E-state index contributed by atoms with van der Waals surface area (Å²) in [5, 5.41) is 8.97. The highest BCUT2D eigenvalue weighted by Gasteiger charge is 2.14. The van der Waals surface area contributed by atoms with E-state index in [2.05, 4.69) is 13.8 Å². The summed E-state index contributed by atoms with van der Waals surface area (Å²) in [4.78, 5) is 10.9. The molecule has 2 atom stereocenters. The highest BCUT2D eigenvalue weighted by Crippen LogP contribution is 2.19. The van der Waals surface area contributed by atoms with Gasteiger partial charge in [-0.1, -0.05) is 78.6 Å². The summed E-state index contributed by atoms with van der Waals surface area (Å²) in [5.41, 5.74) is 0. The first-order valence-corrected chi connectivity index (χ1v) is 8.34. The molecule has 0 rings (SSSR count). The maximum Gasteiger partial charge on any atom is 0.306 e. The Balaban J connectivity index is 3.42. The van der Waals surface area contributed by atoms with Crippen LogP contribution >= 0.6 is 0 Å². The molecule has 0 spiro atoms. The fourth-order valence-electron chi connectivity index (χ4n) is 2.63. The highest BCUT2D eigenvalue weighted by atomic mass is 16.4. The monoisotopic (exact) mass is 270 g/mol. The third kappa shape index (κ3) is 11.0. The number of unbranched alkanes of at least 4 members (excludes halogenated alkanes) is 5. The largest absolute Gasteiger partial charge is 0.481 e. The fraction of sp³-hybridized carbons (Fsp3) is 0.941. The van der Waals surface area contributed by atoms with E-state index in [1.165, 1.54) is 51.4 Å². The van der Waals surface area contributed by atoms with Gasteiger partial charge in [0.2, 0.25) is 0 Å². The van der Waals surface area contributed by atoms with Gasteiger partial charge in [-0.25, -0.2) is 0 Å². The van der Waals surface area contributed by atoms with E-state index in [1.807, 2.05) is 6.92 Å². The molecule has 2 unspecified atom stereocenters. The third-order valence-corrected chi connectivity index (χ3v) is 4.14. The first kappa shape index (κ1) is 18.5. The lowest BCUT2D eigenvalue weighted by Crippen LogP contribution is -2.12. The summed E-state index contributed by atoms with van der Waals surface area (Å²) in [7, 11) is 0. The van der Waals surface area contributed by atoms with Crippen LogP contribution < -0.4 is 0 Å². The molecule has 0 saturated carbocycles. The van der Waals surface area contributed by atoms with Gasteiger partial charge in [0.25, 0.3) is 0 Å². The van der Waals surface area contributed by atoms with Crippen molar-refractivity contribution in [3.8, 4) is 0 Å². The first-order chi connectivity index (χ1) is 9.11. The number of rotatable bonds is 13. The summed E-state index contributed by atoms with van der Waals surface area (Å²) in [6.45, 7) is 6.56. The molecule has 0 aromatic heterocycles. The van der Waals surface area contributed by atoms with Crippen molar-refractivity contribution in [3.05, 3.63) is 0 Å². The van der Waals surface area contributed by atoms with Crippen LogP contribution in [0.3, 0.4) is 0 Å². The Morgan fingerprint density at radius 1 is 0.895 bits per heavy atom. The highest BCUT2D eigenvalue weighted by molar-refractivity contribution is 5.69. The Bertz CT molecular complexity index is 213. The van der Waals surface area contributed by atoms with E-state index in [1.54, 1.807) is 0 Å². The van der Waals surface area contributed by atoms with Gasteiger partial charge in [0, 0.05) is 0 Å². The Morgan fingerprint density at radius 2 is 1.42 bits per heavy atom. The number of carbonyl (C=O) groups is 1. The minimum absolute atomic E-state index is 0.121. The molecule has 0 fully saturated rings. The van der Waals surface area contributed by atoms with Gasteiger partial charge in [-0.15, -0.1) is 0 Å². The number of aliphatic carboxylic acids is 1. The van der Waals surface area contributed by atoms with Gasteiger partial charge in [0.15, 0.2) is 0 Å². The second-order valence-corrected chi connectivity index (χ2v) is 6.04. The second kappa shape index (κ2) is 12.5. The van der Waals surface area contributed by atoms with Crippen molar-refractivity contribution < 1.29 is 9.90 Å². The third-order valence-electron chi connectivity index (χ3n) is 4.14. The molecule has 0 radical (unpaired) electrons. The molecule has 0 aliphatic rings. The van der Waals surface area contributed by atoms with Gasteiger partial charge < -0.3 is 5.11 Å². The summed E-state index contributed by atoms with van der Waals surface area (Å²) in [6.07, 6.45) is 13.3. The molecular formula is C17H34O2. The van der Waals surface area contributed by atoms with Crippen molar-refractivity contribution >= 4 is 5.97 Å². The van der Waals surface area contributed by atoms with Crippen LogP contribution in [0.5, 0.6) is 0 Å². The van der Waals surface area contributed by atoms with E-state index in [0.717, 1.165) is 25.2 Å². The van der Waals surface area contributed by atoms with Crippen LogP contribution in [0.2, 0.25) is 0 Å². The Labute approximate surface area is 120 Å². The SMILES string of the molecule is CCCCCCCC(C)CCCCC(CC)C(=O)O. The topological polar surface area (TPSA) is 37.3 Å². The maximum atomic E-state index is 10.9. The van der Waals surface area contributed by atoms with E-state index >= 15 is 0 Å². The molecule has 0 aromatic rings. The minimum atomic E-state index is -0.619. The molecular weight excluding hydrogens is 236 g/mol. The first-order valence-electron chi connectivity index (χ1n) is 8.34. The Kier molecular flexibility index (Phi) is 12.2. The Hall–Kier alpha value is -0.530. The lowest BCUT2D eigenvalue weighted by atomic mass is 9.94. The van der Waals surface area contributed by atoms with Crippen molar-refractivity contribution in [2.45, 2.75) is 91.4 Å². The molecule has 0 heterocycles. The van der Waals surface area contributed by atoms with E-state index in [9.17, 15) is 4.79 Å². The quantitative estimate of drug-likeness (QED) is 0.439. The number of carboxylic acid groups (broad SMARTS) is 1. The van der Waals surface area contributed by atoms with Gasteiger partial charge in [0.05, 0.1) is 5.92 Å². The molecule has 2 nitrogen and oxygen atoms in total. The van der Waals surface area contributed by atoms with Crippen molar-refractivity contribution in [1.29, 1.82) is 0 Å². The molecule has 0 bridgehead atoms. The predicted molar refractivity (Wildman–Crippen MR) is 82.4 cm³/mol. The van der Waals surface area contributed by atoms with Crippen molar-refractivity contribution in [2.24, 2.45) is 11.8 Å². The molecule has 2 heteroatoms. The minimum Gasteiger partial charge on any atom is -0.481 e. The number of hydrogen-bond acceptors (Lipinski definition) is 1. The van der Waals surface area contributed by atoms with E-state index in [0.29, 0.717) is 0 Å². The van der Waals surface area contributed by atoms with Gasteiger partial charge in [0.1, 0.15) is 0 Å². The van der Waals surface area contributed by atoms with Crippen LogP contribution in [-0.2, 0) is 4.79 Å². The average Bonchev–Trinajstić information content (AvgIpc) is 2.38. The predicted octanol–water partition coefficient (Wildman–Crippen LogP) is 5.65. The van der Waals surface area contributed by atoms with Crippen LogP contribution in [0.15, 0.2) is 0 Å². The van der Waals surface area contributed by atoms with Gasteiger partial charge >= 0.3 is 5.97 Å². The second-order valence-electron chi connectivity index (χ2n) is 6.04. The standard InChI is InChI=1S/C17H34O2/c1-4-6-7-8-9-12-15(3)13-10-11-14-16(5-2)17(18)19/h15-16H,4-14H2,1-3H3,(H,18,19). The molecule has 0 aliphatic heterocycles. The summed E-state index contributed by atoms with van der Waals surface area (Å²) < 4.78 is 0. The summed E-state index contributed by atoms with van der Waals surface area (Å²) in [5.74, 6) is 0.0716. The van der Waals surface area contributed by atoms with Crippen LogP contribution in [0, 0.1) is 11.8 Å². The van der Waals surface area contributed by atoms with Crippen LogP contribution in [0.25, 0.3) is 0 Å². The number of hydrogen-bond donors (Lipinski definition) is 1. The maximum absolute atomic E-state index is 10.9. The Morgan fingerprint density at radius 3 is 1.95 bits per heavy atom. The van der Waals surface area contributed by atoms with Crippen molar-refractivity contribution in [2.75, 3.05) is 0 Å². The molecule has 114 valence electrons. The zero-order valence-electron chi connectivity index (χ0n) is 13.3. The zero-order valence-corrected chi connectivity index (χ0v) is 13.3. The van der Waals surface area contributed by atoms with E-state index < -0.39 is 5.97 Å². The lowest BCUT2D eigenvalue weighted by Gasteiger charge is -2.12. The van der Waals surface area contributed by atoms with Gasteiger partial charge in [-0.05, 0) is 18.8 Å². The molecule has 0 aliphatic carbocycles. The smallest absolute Gasteiger partial charge is 0.306 e. The van der Waals surface area contributed by atoms with Crippen LogP contribution in [0.4, 0.5) is 0 Å². The van der Waals surface area contributed by atoms with E-state index in [4.69, 9.17) is 5.11 Å². The van der Waals surface area contributed by atoms with Crippen LogP contribution in [0.1, 0.15) is 91.4 Å². The van der Waals surface area contributed by atoms with Gasteiger partial charge in [-0.3, -0.25) is 4.79 Å². The molecule has 19 heavy (non-hydrogen) atoms. The summed E-state index contributed by atoms with van der Waals surface area (Å²) >= 11 is 0. The molecule has 0 saturated heterocycles. The van der Waals surface area contributed by atoms with E-state index in [-0.39, 0.29) is 5.92 Å². The normalized spacial score (nSPS) is 14.3. The fourth-order valence-corrected chi connectivity index (χ4v) is 2.63. The lowest BCUT2D eigenvalue weighted by molar-refractivity contribution is -0.142. The van der Waals surface area contributed by atoms with Crippen molar-refractivity contribution in [3.63, 3.8) is 0 Å². The molecule has 1 N–H and O–H groups in total.